The first-order chi connectivity index (χ1) is 9.67. The molecule has 1 aromatic heterocycles. The maximum atomic E-state index is 10.6. The van der Waals surface area contributed by atoms with Gasteiger partial charge in [-0.3, -0.25) is 4.98 Å². The van der Waals surface area contributed by atoms with E-state index in [9.17, 15) is 5.11 Å². The highest BCUT2D eigenvalue weighted by molar-refractivity contribution is 5.79. The summed E-state index contributed by atoms with van der Waals surface area (Å²) in [6.07, 6.45) is 4.51. The fourth-order valence-corrected chi connectivity index (χ4v) is 3.47. The molecular formula is C18H23NO. The molecule has 2 aromatic rings. The van der Waals surface area contributed by atoms with E-state index < -0.39 is 0 Å². The Hall–Kier alpha value is -1.41. The lowest BCUT2D eigenvalue weighted by Gasteiger charge is -2.19. The number of hydrogen-bond donors (Lipinski definition) is 1. The van der Waals surface area contributed by atoms with Gasteiger partial charge in [0.1, 0.15) is 0 Å². The van der Waals surface area contributed by atoms with E-state index in [1.807, 2.05) is 25.1 Å². The van der Waals surface area contributed by atoms with Crippen molar-refractivity contribution in [2.45, 2.75) is 45.6 Å². The third-order valence-corrected chi connectivity index (χ3v) is 4.80. The van der Waals surface area contributed by atoms with Crippen molar-refractivity contribution in [3.8, 4) is 0 Å². The zero-order valence-corrected chi connectivity index (χ0v) is 12.3. The van der Waals surface area contributed by atoms with Crippen LogP contribution < -0.4 is 0 Å². The summed E-state index contributed by atoms with van der Waals surface area (Å²) in [5, 5.41) is 11.7. The highest BCUT2D eigenvalue weighted by Gasteiger charge is 2.29. The van der Waals surface area contributed by atoms with Crippen molar-refractivity contribution >= 4 is 10.9 Å². The molecule has 0 spiro atoms. The number of benzene rings is 1. The molecule has 0 aliphatic heterocycles. The molecule has 1 aromatic carbocycles. The van der Waals surface area contributed by atoms with E-state index in [1.165, 1.54) is 19.3 Å². The number of rotatable bonds is 3. The molecule has 1 aliphatic rings. The number of aryl methyl sites for hydroxylation is 1. The Kier molecular flexibility index (Phi) is 3.75. The topological polar surface area (TPSA) is 33.1 Å². The molecule has 3 atom stereocenters. The number of nitrogens with zero attached hydrogens (tertiary/aromatic N) is 1. The van der Waals surface area contributed by atoms with Crippen molar-refractivity contribution in [2.75, 3.05) is 0 Å². The van der Waals surface area contributed by atoms with Crippen LogP contribution in [0.25, 0.3) is 10.9 Å². The van der Waals surface area contributed by atoms with Gasteiger partial charge in [0.15, 0.2) is 0 Å². The van der Waals surface area contributed by atoms with Crippen LogP contribution in [0.4, 0.5) is 0 Å². The monoisotopic (exact) mass is 269 g/mol. The van der Waals surface area contributed by atoms with E-state index in [1.54, 1.807) is 0 Å². The van der Waals surface area contributed by atoms with Gasteiger partial charge in [0.2, 0.25) is 0 Å². The SMILES string of the molecule is CCC1CCC(C(O)c2ccc3nc(C)ccc3c2)C1. The Morgan fingerprint density at radius 1 is 1.25 bits per heavy atom. The summed E-state index contributed by atoms with van der Waals surface area (Å²) in [6.45, 7) is 4.26. The molecule has 3 unspecified atom stereocenters. The standard InChI is InChI=1S/C18H23NO/c1-3-13-5-7-15(10-13)18(20)16-8-9-17-14(11-16)6-4-12(2)19-17/h4,6,8-9,11,13,15,18,20H,3,5,7,10H2,1-2H3. The third kappa shape index (κ3) is 2.57. The smallest absolute Gasteiger partial charge is 0.0818 e. The second kappa shape index (κ2) is 5.53. The lowest BCUT2D eigenvalue weighted by molar-refractivity contribution is 0.109. The van der Waals surface area contributed by atoms with Gasteiger partial charge in [0, 0.05) is 11.1 Å². The fourth-order valence-electron chi connectivity index (χ4n) is 3.47. The summed E-state index contributed by atoms with van der Waals surface area (Å²) in [7, 11) is 0. The van der Waals surface area contributed by atoms with Crippen molar-refractivity contribution in [3.63, 3.8) is 0 Å². The highest BCUT2D eigenvalue weighted by Crippen LogP contribution is 2.40. The Bertz CT molecular complexity index is 607. The van der Waals surface area contributed by atoms with Gasteiger partial charge in [-0.2, -0.15) is 0 Å². The van der Waals surface area contributed by atoms with E-state index in [2.05, 4.69) is 24.0 Å². The van der Waals surface area contributed by atoms with Crippen LogP contribution in [0.2, 0.25) is 0 Å². The quantitative estimate of drug-likeness (QED) is 0.895. The molecule has 1 fully saturated rings. The second-order valence-corrected chi connectivity index (χ2v) is 6.20. The molecule has 1 N–H and O–H groups in total. The molecule has 0 amide bonds. The summed E-state index contributed by atoms with van der Waals surface area (Å²) < 4.78 is 0. The average Bonchev–Trinajstić information content (AvgIpc) is 2.95. The van der Waals surface area contributed by atoms with Crippen LogP contribution in [-0.2, 0) is 0 Å². The van der Waals surface area contributed by atoms with Crippen molar-refractivity contribution in [3.05, 3.63) is 41.6 Å². The Balaban J connectivity index is 1.84. The predicted octanol–water partition coefficient (Wildman–Crippen LogP) is 4.40. The number of aliphatic hydroxyl groups is 1. The molecule has 2 heteroatoms. The maximum Gasteiger partial charge on any atom is 0.0818 e. The Morgan fingerprint density at radius 3 is 2.85 bits per heavy atom. The number of fused-ring (bicyclic) bond motifs is 1. The molecular weight excluding hydrogens is 246 g/mol. The average molecular weight is 269 g/mol. The molecule has 3 rings (SSSR count). The van der Waals surface area contributed by atoms with Gasteiger partial charge in [0.05, 0.1) is 11.6 Å². The van der Waals surface area contributed by atoms with Gasteiger partial charge in [-0.25, -0.2) is 0 Å². The minimum absolute atomic E-state index is 0.322. The molecule has 2 nitrogen and oxygen atoms in total. The minimum atomic E-state index is -0.322. The van der Waals surface area contributed by atoms with Crippen LogP contribution in [0, 0.1) is 18.8 Å². The Labute approximate surface area is 120 Å². The lowest BCUT2D eigenvalue weighted by Crippen LogP contribution is -2.09. The number of pyridine rings is 1. The Morgan fingerprint density at radius 2 is 2.10 bits per heavy atom. The molecule has 0 radical (unpaired) electrons. The molecule has 106 valence electrons. The maximum absolute atomic E-state index is 10.6. The number of aromatic nitrogens is 1. The largest absolute Gasteiger partial charge is 0.388 e. The van der Waals surface area contributed by atoms with E-state index in [4.69, 9.17) is 0 Å². The first kappa shape index (κ1) is 13.6. The highest BCUT2D eigenvalue weighted by atomic mass is 16.3. The van der Waals surface area contributed by atoms with E-state index in [-0.39, 0.29) is 6.10 Å². The number of hydrogen-bond acceptors (Lipinski definition) is 2. The molecule has 1 heterocycles. The van der Waals surface area contributed by atoms with Crippen LogP contribution in [0.3, 0.4) is 0 Å². The van der Waals surface area contributed by atoms with Crippen LogP contribution >= 0.6 is 0 Å². The van der Waals surface area contributed by atoms with Crippen LogP contribution in [0.1, 0.15) is 50.0 Å². The molecule has 1 aliphatic carbocycles. The van der Waals surface area contributed by atoms with E-state index in [0.29, 0.717) is 5.92 Å². The van der Waals surface area contributed by atoms with Gasteiger partial charge < -0.3 is 5.11 Å². The van der Waals surface area contributed by atoms with Gasteiger partial charge >= 0.3 is 0 Å². The summed E-state index contributed by atoms with van der Waals surface area (Å²) in [6, 6.07) is 10.3. The summed E-state index contributed by atoms with van der Waals surface area (Å²) in [4.78, 5) is 4.52. The van der Waals surface area contributed by atoms with Gasteiger partial charge in [-0.15, -0.1) is 0 Å². The summed E-state index contributed by atoms with van der Waals surface area (Å²) >= 11 is 0. The fraction of sp³-hybridized carbons (Fsp3) is 0.500. The summed E-state index contributed by atoms with van der Waals surface area (Å²) in [5.41, 5.74) is 3.09. The van der Waals surface area contributed by atoms with Crippen LogP contribution in [-0.4, -0.2) is 10.1 Å². The van der Waals surface area contributed by atoms with Crippen molar-refractivity contribution in [2.24, 2.45) is 11.8 Å². The summed E-state index contributed by atoms with van der Waals surface area (Å²) in [5.74, 6) is 1.23. The molecule has 20 heavy (non-hydrogen) atoms. The number of aliphatic hydroxyl groups excluding tert-OH is 1. The van der Waals surface area contributed by atoms with Gasteiger partial charge in [-0.05, 0) is 55.4 Å². The second-order valence-electron chi connectivity index (χ2n) is 6.20. The van der Waals surface area contributed by atoms with E-state index in [0.717, 1.165) is 34.5 Å². The van der Waals surface area contributed by atoms with Gasteiger partial charge in [0.25, 0.3) is 0 Å². The predicted molar refractivity (Wildman–Crippen MR) is 82.6 cm³/mol. The van der Waals surface area contributed by atoms with Crippen LogP contribution in [0.5, 0.6) is 0 Å². The zero-order valence-electron chi connectivity index (χ0n) is 12.3. The first-order valence-corrected chi connectivity index (χ1v) is 7.72. The molecule has 1 saturated carbocycles. The lowest BCUT2D eigenvalue weighted by atomic mass is 9.92. The van der Waals surface area contributed by atoms with E-state index >= 15 is 0 Å². The minimum Gasteiger partial charge on any atom is -0.388 e. The van der Waals surface area contributed by atoms with Crippen molar-refractivity contribution in [1.29, 1.82) is 0 Å². The van der Waals surface area contributed by atoms with Gasteiger partial charge in [-0.1, -0.05) is 31.9 Å². The normalized spacial score (nSPS) is 24.1. The third-order valence-electron chi connectivity index (χ3n) is 4.80. The van der Waals surface area contributed by atoms with Crippen molar-refractivity contribution in [1.82, 2.24) is 4.98 Å². The zero-order chi connectivity index (χ0) is 14.1. The molecule has 0 bridgehead atoms. The molecule has 0 saturated heterocycles. The van der Waals surface area contributed by atoms with Crippen molar-refractivity contribution < 1.29 is 5.11 Å². The van der Waals surface area contributed by atoms with Crippen LogP contribution in [0.15, 0.2) is 30.3 Å². The first-order valence-electron chi connectivity index (χ1n) is 7.72.